The maximum Gasteiger partial charge on any atom is 0.472 e. The van der Waals surface area contributed by atoms with Gasteiger partial charge in [0.25, 0.3) is 0 Å². The van der Waals surface area contributed by atoms with Gasteiger partial charge in [-0.15, -0.1) is 0 Å². The number of ether oxygens (including phenoxy) is 4. The van der Waals surface area contributed by atoms with Gasteiger partial charge >= 0.3 is 39.5 Å². The van der Waals surface area contributed by atoms with Crippen molar-refractivity contribution in [3.8, 4) is 0 Å². The van der Waals surface area contributed by atoms with Crippen LogP contribution in [0.15, 0.2) is 0 Å². The fourth-order valence-corrected chi connectivity index (χ4v) is 10.5. The highest BCUT2D eigenvalue weighted by atomic mass is 31.2. The minimum Gasteiger partial charge on any atom is -0.462 e. The predicted molar refractivity (Wildman–Crippen MR) is 317 cm³/mol. The summed E-state index contributed by atoms with van der Waals surface area (Å²) in [7, 11) is -9.87. The van der Waals surface area contributed by atoms with Gasteiger partial charge in [-0.05, 0) is 43.4 Å². The lowest BCUT2D eigenvalue weighted by molar-refractivity contribution is -0.161. The molecule has 0 aromatic rings. The van der Waals surface area contributed by atoms with Gasteiger partial charge in [-0.2, -0.15) is 0 Å². The molecule has 0 heterocycles. The Morgan fingerprint density at radius 1 is 0.362 bits per heavy atom. The third-order valence-electron chi connectivity index (χ3n) is 14.2. The van der Waals surface area contributed by atoms with Crippen LogP contribution in [0.2, 0.25) is 0 Å². The molecule has 3 N–H and O–H groups in total. The number of hydrogen-bond acceptors (Lipinski definition) is 15. The SMILES string of the molecule is CCCCCCCC(=O)OC[C@H](COP(=O)(O)OC[C@H](O)COP(=O)(O)OC[C@@H](COC(=O)CCCCCCCCCCCC(C)C)OC(=O)CCCCCCCCCCCCC(C)CC)OC(=O)CCCCCCCCC(C)C. The Morgan fingerprint density at radius 3 is 0.950 bits per heavy atom. The van der Waals surface area contributed by atoms with Gasteiger partial charge in [-0.25, -0.2) is 9.13 Å². The molecule has 0 amide bonds. The van der Waals surface area contributed by atoms with Crippen LogP contribution in [-0.4, -0.2) is 96.7 Å². The number of phosphoric acid groups is 2. The number of aliphatic hydroxyl groups excluding tert-OH is 1. The molecule has 0 aromatic heterocycles. The molecule has 0 bridgehead atoms. The molecule has 19 heteroatoms. The van der Waals surface area contributed by atoms with Gasteiger partial charge in [0, 0.05) is 25.7 Å². The molecule has 0 aliphatic heterocycles. The minimum absolute atomic E-state index is 0.101. The largest absolute Gasteiger partial charge is 0.472 e. The molecule has 0 aliphatic carbocycles. The molecule has 0 aliphatic rings. The van der Waals surface area contributed by atoms with Gasteiger partial charge in [0.2, 0.25) is 0 Å². The second-order valence-electron chi connectivity index (χ2n) is 23.3. The average molecular weight is 1190 g/mol. The van der Waals surface area contributed by atoms with Crippen molar-refractivity contribution in [1.82, 2.24) is 0 Å². The summed E-state index contributed by atoms with van der Waals surface area (Å²) in [6.45, 7) is 11.6. The molecule has 0 radical (unpaired) electrons. The maximum atomic E-state index is 12.9. The van der Waals surface area contributed by atoms with E-state index in [1.54, 1.807) is 0 Å². The van der Waals surface area contributed by atoms with E-state index in [0.29, 0.717) is 31.6 Å². The molecule has 0 aromatic carbocycles. The minimum atomic E-state index is -4.94. The molecule has 0 saturated heterocycles. The smallest absolute Gasteiger partial charge is 0.462 e. The molecule has 0 rings (SSSR count). The first kappa shape index (κ1) is 78.1. The van der Waals surface area contributed by atoms with Crippen LogP contribution in [0.5, 0.6) is 0 Å². The summed E-state index contributed by atoms with van der Waals surface area (Å²) in [6.07, 6.45) is 32.5. The van der Waals surface area contributed by atoms with Gasteiger partial charge in [0.05, 0.1) is 26.4 Å². The molecule has 0 spiro atoms. The van der Waals surface area contributed by atoms with Crippen LogP contribution >= 0.6 is 15.6 Å². The zero-order chi connectivity index (χ0) is 59.5. The van der Waals surface area contributed by atoms with Crippen molar-refractivity contribution in [2.75, 3.05) is 39.6 Å². The first-order valence-corrected chi connectivity index (χ1v) is 34.9. The highest BCUT2D eigenvalue weighted by molar-refractivity contribution is 7.47. The van der Waals surface area contributed by atoms with Crippen LogP contribution in [0.25, 0.3) is 0 Å². The number of rotatable bonds is 59. The summed E-state index contributed by atoms with van der Waals surface area (Å²) in [5, 5.41) is 10.5. The standard InChI is InChI=1S/C61H118O17P2/c1-8-10-11-25-35-42-58(63)71-48-56(78-61(66)45-38-31-24-23-27-33-40-53(5)6)50-75-79(67,68)73-46-55(62)47-74-80(69,70)76-51-57(49-72-59(64)43-36-29-21-18-14-15-19-26-32-39-52(3)4)77-60(65)44-37-30-22-17-13-12-16-20-28-34-41-54(7)9-2/h52-57,62H,8-51H2,1-7H3,(H,67,68)(H,69,70)/t54?,55-,56+,57+/m0/s1. The number of carbonyl (C=O) groups excluding carboxylic acids is 4. The molecule has 474 valence electrons. The summed E-state index contributed by atoms with van der Waals surface area (Å²) in [4.78, 5) is 71.8. The van der Waals surface area contributed by atoms with Crippen molar-refractivity contribution in [2.24, 2.45) is 17.8 Å². The molecule has 80 heavy (non-hydrogen) atoms. The zero-order valence-electron chi connectivity index (χ0n) is 51.5. The third-order valence-corrected chi connectivity index (χ3v) is 16.1. The summed E-state index contributed by atoms with van der Waals surface area (Å²) >= 11 is 0. The lowest BCUT2D eigenvalue weighted by Crippen LogP contribution is -2.30. The second-order valence-corrected chi connectivity index (χ2v) is 26.2. The number of phosphoric ester groups is 2. The fourth-order valence-electron chi connectivity index (χ4n) is 8.92. The van der Waals surface area contributed by atoms with E-state index in [9.17, 15) is 43.2 Å². The molecule has 0 saturated carbocycles. The van der Waals surface area contributed by atoms with Crippen molar-refractivity contribution >= 4 is 39.5 Å². The van der Waals surface area contributed by atoms with E-state index in [1.807, 2.05) is 0 Å². The van der Waals surface area contributed by atoms with E-state index in [4.69, 9.17) is 37.0 Å². The summed E-state index contributed by atoms with van der Waals surface area (Å²) in [5.74, 6) is 0.0622. The third kappa shape index (κ3) is 54.0. The molecular weight excluding hydrogens is 1070 g/mol. The summed E-state index contributed by atoms with van der Waals surface area (Å²) in [5.41, 5.74) is 0. The van der Waals surface area contributed by atoms with Crippen LogP contribution in [-0.2, 0) is 65.4 Å². The van der Waals surface area contributed by atoms with E-state index in [2.05, 4.69) is 48.5 Å². The normalized spacial score (nSPS) is 14.8. The van der Waals surface area contributed by atoms with E-state index >= 15 is 0 Å². The summed E-state index contributed by atoms with van der Waals surface area (Å²) < 4.78 is 67.7. The lowest BCUT2D eigenvalue weighted by atomic mass is 9.99. The quantitative estimate of drug-likeness (QED) is 0.0222. The first-order chi connectivity index (χ1) is 38.3. The van der Waals surface area contributed by atoms with E-state index < -0.39 is 97.5 Å². The topological polar surface area (TPSA) is 237 Å². The highest BCUT2D eigenvalue weighted by Gasteiger charge is 2.30. The predicted octanol–water partition coefficient (Wildman–Crippen LogP) is 16.3. The molecular formula is C61H118O17P2. The van der Waals surface area contributed by atoms with Crippen molar-refractivity contribution in [2.45, 2.75) is 311 Å². The van der Waals surface area contributed by atoms with Crippen LogP contribution in [0.1, 0.15) is 292 Å². The Balaban J connectivity index is 5.19. The number of esters is 4. The van der Waals surface area contributed by atoms with Crippen LogP contribution in [0.3, 0.4) is 0 Å². The number of aliphatic hydroxyl groups is 1. The monoisotopic (exact) mass is 1180 g/mol. The molecule has 17 nitrogen and oxygen atoms in total. The Morgan fingerprint density at radius 2 is 0.637 bits per heavy atom. The van der Waals surface area contributed by atoms with Crippen LogP contribution < -0.4 is 0 Å². The maximum absolute atomic E-state index is 12.9. The van der Waals surface area contributed by atoms with E-state index in [1.165, 1.54) is 96.3 Å². The number of carbonyl (C=O) groups is 4. The fraction of sp³-hybridized carbons (Fsp3) is 0.934. The first-order valence-electron chi connectivity index (χ1n) is 31.9. The van der Waals surface area contributed by atoms with Crippen LogP contribution in [0, 0.1) is 17.8 Å². The van der Waals surface area contributed by atoms with Crippen molar-refractivity contribution in [3.05, 3.63) is 0 Å². The number of hydrogen-bond donors (Lipinski definition) is 3. The van der Waals surface area contributed by atoms with Crippen molar-refractivity contribution in [1.29, 1.82) is 0 Å². The Hall–Kier alpha value is -1.94. The average Bonchev–Trinajstić information content (AvgIpc) is 3.41. The molecule has 6 atom stereocenters. The summed E-state index contributed by atoms with van der Waals surface area (Å²) in [6, 6.07) is 0. The highest BCUT2D eigenvalue weighted by Crippen LogP contribution is 2.45. The van der Waals surface area contributed by atoms with Crippen LogP contribution in [0.4, 0.5) is 0 Å². The van der Waals surface area contributed by atoms with Gasteiger partial charge in [-0.3, -0.25) is 37.3 Å². The van der Waals surface area contributed by atoms with Crippen molar-refractivity contribution < 1.29 is 80.2 Å². The lowest BCUT2D eigenvalue weighted by Gasteiger charge is -2.21. The van der Waals surface area contributed by atoms with Gasteiger partial charge in [-0.1, -0.05) is 241 Å². The van der Waals surface area contributed by atoms with Gasteiger partial charge in [0.15, 0.2) is 12.2 Å². The van der Waals surface area contributed by atoms with Crippen molar-refractivity contribution in [3.63, 3.8) is 0 Å². The van der Waals surface area contributed by atoms with E-state index in [0.717, 1.165) is 108 Å². The number of unbranched alkanes of at least 4 members (excludes halogenated alkanes) is 26. The van der Waals surface area contributed by atoms with Gasteiger partial charge < -0.3 is 33.8 Å². The Kier molecular flexibility index (Phi) is 51.3. The Bertz CT molecular complexity index is 1600. The second kappa shape index (κ2) is 52.6. The molecule has 0 fully saturated rings. The van der Waals surface area contributed by atoms with Gasteiger partial charge in [0.1, 0.15) is 19.3 Å². The van der Waals surface area contributed by atoms with E-state index in [-0.39, 0.29) is 25.7 Å². The zero-order valence-corrected chi connectivity index (χ0v) is 53.3. The molecule has 3 unspecified atom stereocenters. The Labute approximate surface area is 486 Å².